The van der Waals surface area contributed by atoms with Crippen LogP contribution in [0.1, 0.15) is 0 Å². The lowest BCUT2D eigenvalue weighted by Gasteiger charge is -2.28. The van der Waals surface area contributed by atoms with Crippen LogP contribution in [0.3, 0.4) is 0 Å². The summed E-state index contributed by atoms with van der Waals surface area (Å²) in [5.41, 5.74) is 13.0. The monoisotopic (exact) mass is 705 g/mol. The van der Waals surface area contributed by atoms with Crippen molar-refractivity contribution in [3.63, 3.8) is 0 Å². The molecule has 0 unspecified atom stereocenters. The van der Waals surface area contributed by atoms with Crippen LogP contribution in [0.25, 0.3) is 75.5 Å². The van der Waals surface area contributed by atoms with E-state index in [9.17, 15) is 0 Å². The molecule has 0 spiro atoms. The molecule has 1 aromatic heterocycles. The van der Waals surface area contributed by atoms with Gasteiger partial charge in [0.2, 0.25) is 0 Å². The van der Waals surface area contributed by atoms with Gasteiger partial charge in [0.25, 0.3) is 0 Å². The molecular weight excluding hydrogens is 671 g/mol. The summed E-state index contributed by atoms with van der Waals surface area (Å²) in [4.78, 5) is 2.40. The molecule has 54 heavy (non-hydrogen) atoms. The van der Waals surface area contributed by atoms with Crippen LogP contribution < -0.4 is 4.90 Å². The van der Waals surface area contributed by atoms with Crippen molar-refractivity contribution < 1.29 is 0 Å². The van der Waals surface area contributed by atoms with E-state index < -0.39 is 0 Å². The number of thiophene rings is 1. The maximum absolute atomic E-state index is 2.40. The highest BCUT2D eigenvalue weighted by atomic mass is 32.1. The molecule has 1 nitrogen and oxygen atoms in total. The predicted molar refractivity (Wildman–Crippen MR) is 233 cm³/mol. The van der Waals surface area contributed by atoms with Crippen LogP contribution in [0.5, 0.6) is 0 Å². The first-order chi connectivity index (χ1) is 26.8. The Hall–Kier alpha value is -6.74. The van der Waals surface area contributed by atoms with Gasteiger partial charge in [-0.05, 0) is 98.2 Å². The van der Waals surface area contributed by atoms with Crippen molar-refractivity contribution in [2.24, 2.45) is 0 Å². The normalized spacial score (nSPS) is 11.3. The molecule has 0 saturated carbocycles. The second-order valence-corrected chi connectivity index (χ2v) is 14.8. The predicted octanol–water partition coefficient (Wildman–Crippen LogP) is 15.3. The van der Waals surface area contributed by atoms with Gasteiger partial charge in [0.15, 0.2) is 0 Å². The Balaban J connectivity index is 1.08. The number of anilines is 3. The van der Waals surface area contributed by atoms with Gasteiger partial charge in [-0.2, -0.15) is 0 Å². The zero-order valence-electron chi connectivity index (χ0n) is 29.6. The quantitative estimate of drug-likeness (QED) is 0.160. The second kappa shape index (κ2) is 13.7. The number of hydrogen-bond acceptors (Lipinski definition) is 2. The van der Waals surface area contributed by atoms with Crippen LogP contribution in [-0.4, -0.2) is 0 Å². The first-order valence-electron chi connectivity index (χ1n) is 18.4. The van der Waals surface area contributed by atoms with E-state index in [4.69, 9.17) is 0 Å². The Morgan fingerprint density at radius 3 is 1.63 bits per heavy atom. The molecule has 0 aliphatic carbocycles. The average molecular weight is 706 g/mol. The molecule has 9 aromatic carbocycles. The SMILES string of the molecule is c1ccc(-c2ccc(-c3ccccc3N(c3ccc(-c4ccc5ccccc5c4)cc3)c3ccc(-c4cccc5sc6ccccc6c45)cc3)cc2)cc1. The van der Waals surface area contributed by atoms with Crippen LogP contribution in [0.2, 0.25) is 0 Å². The van der Waals surface area contributed by atoms with E-state index in [0.717, 1.165) is 17.1 Å². The minimum Gasteiger partial charge on any atom is -0.310 e. The summed E-state index contributed by atoms with van der Waals surface area (Å²) in [5, 5.41) is 5.15. The average Bonchev–Trinajstić information content (AvgIpc) is 3.64. The Labute approximate surface area is 319 Å². The third-order valence-electron chi connectivity index (χ3n) is 10.5. The minimum atomic E-state index is 1.10. The van der Waals surface area contributed by atoms with E-state index in [0.29, 0.717) is 0 Å². The maximum Gasteiger partial charge on any atom is 0.0540 e. The van der Waals surface area contributed by atoms with Gasteiger partial charge in [-0.15, -0.1) is 11.3 Å². The molecule has 254 valence electrons. The van der Waals surface area contributed by atoms with Crippen molar-refractivity contribution in [2.45, 2.75) is 0 Å². The van der Waals surface area contributed by atoms with Crippen molar-refractivity contribution in [1.29, 1.82) is 0 Å². The van der Waals surface area contributed by atoms with Crippen molar-refractivity contribution in [3.05, 3.63) is 212 Å². The summed E-state index contributed by atoms with van der Waals surface area (Å²) in [7, 11) is 0. The number of rotatable bonds is 7. The number of para-hydroxylation sites is 1. The highest BCUT2D eigenvalue weighted by molar-refractivity contribution is 7.25. The molecule has 0 fully saturated rings. The summed E-state index contributed by atoms with van der Waals surface area (Å²) in [6.45, 7) is 0. The maximum atomic E-state index is 2.40. The molecule has 0 aliphatic rings. The third-order valence-corrected chi connectivity index (χ3v) is 11.6. The minimum absolute atomic E-state index is 1.10. The molecule has 0 saturated heterocycles. The van der Waals surface area contributed by atoms with Crippen molar-refractivity contribution in [3.8, 4) is 44.5 Å². The molecular formula is C52H35NS. The van der Waals surface area contributed by atoms with E-state index in [1.165, 1.54) is 75.5 Å². The summed E-state index contributed by atoms with van der Waals surface area (Å²) < 4.78 is 2.64. The highest BCUT2D eigenvalue weighted by Crippen LogP contribution is 2.44. The fourth-order valence-corrected chi connectivity index (χ4v) is 8.92. The molecule has 0 amide bonds. The van der Waals surface area contributed by atoms with E-state index in [2.05, 4.69) is 217 Å². The second-order valence-electron chi connectivity index (χ2n) is 13.7. The van der Waals surface area contributed by atoms with Gasteiger partial charge >= 0.3 is 0 Å². The number of benzene rings is 9. The van der Waals surface area contributed by atoms with E-state index in [1.54, 1.807) is 0 Å². The molecule has 2 heteroatoms. The standard InChI is InChI=1S/C52H35NS/c1-2-11-36(12-3-1)38-21-24-40(25-22-38)46-15-6-8-18-49(46)53(44-31-27-39(28-32-44)43-26-23-37-13-4-5-14-42(37)35-43)45-33-29-41(30-34-45)47-17-10-20-51-52(47)48-16-7-9-19-50(48)54-51/h1-35H. The summed E-state index contributed by atoms with van der Waals surface area (Å²) >= 11 is 1.86. The van der Waals surface area contributed by atoms with Crippen molar-refractivity contribution >= 4 is 59.3 Å². The largest absolute Gasteiger partial charge is 0.310 e. The molecule has 10 rings (SSSR count). The highest BCUT2D eigenvalue weighted by Gasteiger charge is 2.18. The zero-order valence-corrected chi connectivity index (χ0v) is 30.4. The van der Waals surface area contributed by atoms with Gasteiger partial charge in [-0.1, -0.05) is 164 Å². The van der Waals surface area contributed by atoms with Crippen molar-refractivity contribution in [2.75, 3.05) is 4.90 Å². The Morgan fingerprint density at radius 2 is 0.833 bits per heavy atom. The Kier molecular flexibility index (Phi) is 8.09. The molecule has 0 bridgehead atoms. The van der Waals surface area contributed by atoms with Gasteiger partial charge in [0.1, 0.15) is 0 Å². The fraction of sp³-hybridized carbons (Fsp3) is 0. The van der Waals surface area contributed by atoms with E-state index in [-0.39, 0.29) is 0 Å². The van der Waals surface area contributed by atoms with Crippen LogP contribution in [0.15, 0.2) is 212 Å². The van der Waals surface area contributed by atoms with Gasteiger partial charge in [0.05, 0.1) is 5.69 Å². The molecule has 10 aromatic rings. The molecule has 0 aliphatic heterocycles. The third kappa shape index (κ3) is 5.84. The van der Waals surface area contributed by atoms with Crippen LogP contribution in [-0.2, 0) is 0 Å². The number of hydrogen-bond donors (Lipinski definition) is 0. The van der Waals surface area contributed by atoms with Gasteiger partial charge in [-0.3, -0.25) is 0 Å². The van der Waals surface area contributed by atoms with E-state index >= 15 is 0 Å². The van der Waals surface area contributed by atoms with Gasteiger partial charge in [-0.25, -0.2) is 0 Å². The molecule has 0 radical (unpaired) electrons. The van der Waals surface area contributed by atoms with Crippen LogP contribution in [0, 0.1) is 0 Å². The summed E-state index contributed by atoms with van der Waals surface area (Å²) in [5.74, 6) is 0. The van der Waals surface area contributed by atoms with E-state index in [1.807, 2.05) is 11.3 Å². The molecule has 0 N–H and O–H groups in total. The Bertz CT molecular complexity index is 2900. The zero-order chi connectivity index (χ0) is 35.8. The molecule has 0 atom stereocenters. The topological polar surface area (TPSA) is 3.24 Å². The van der Waals surface area contributed by atoms with Crippen LogP contribution in [0.4, 0.5) is 17.1 Å². The smallest absolute Gasteiger partial charge is 0.0540 e. The summed E-state index contributed by atoms with van der Waals surface area (Å²) in [6, 6.07) is 77.1. The number of nitrogens with zero attached hydrogens (tertiary/aromatic N) is 1. The Morgan fingerprint density at radius 1 is 0.315 bits per heavy atom. The van der Waals surface area contributed by atoms with Gasteiger partial charge in [0, 0.05) is 37.1 Å². The summed E-state index contributed by atoms with van der Waals surface area (Å²) in [6.07, 6.45) is 0. The van der Waals surface area contributed by atoms with Gasteiger partial charge < -0.3 is 4.90 Å². The fourth-order valence-electron chi connectivity index (χ4n) is 7.79. The lowest BCUT2D eigenvalue weighted by atomic mass is 9.97. The lowest BCUT2D eigenvalue weighted by molar-refractivity contribution is 1.28. The first-order valence-corrected chi connectivity index (χ1v) is 19.2. The van der Waals surface area contributed by atoms with Crippen molar-refractivity contribution in [1.82, 2.24) is 0 Å². The lowest BCUT2D eigenvalue weighted by Crippen LogP contribution is -2.11. The number of fused-ring (bicyclic) bond motifs is 4. The van der Waals surface area contributed by atoms with Crippen LogP contribution >= 0.6 is 11.3 Å². The molecule has 1 heterocycles. The first kappa shape index (κ1) is 32.0.